The highest BCUT2D eigenvalue weighted by Gasteiger charge is 2.52. The summed E-state index contributed by atoms with van der Waals surface area (Å²) in [5.74, 6) is 0.697. The maximum atomic E-state index is 14.5. The van der Waals surface area contributed by atoms with Gasteiger partial charge in [0, 0.05) is 11.8 Å². The van der Waals surface area contributed by atoms with Crippen molar-refractivity contribution in [3.63, 3.8) is 0 Å². The first kappa shape index (κ1) is 26.6. The fourth-order valence-corrected chi connectivity index (χ4v) is 5.84. The van der Waals surface area contributed by atoms with Gasteiger partial charge < -0.3 is 20.7 Å². The van der Waals surface area contributed by atoms with Crippen LogP contribution in [0.5, 0.6) is 0 Å². The summed E-state index contributed by atoms with van der Waals surface area (Å²) < 4.78 is 21.6. The van der Waals surface area contributed by atoms with Crippen LogP contribution in [0.4, 0.5) is 20.8 Å². The van der Waals surface area contributed by atoms with Crippen LogP contribution in [0.2, 0.25) is 0 Å². The Hall–Kier alpha value is -4.61. The van der Waals surface area contributed by atoms with Gasteiger partial charge in [0.25, 0.3) is 0 Å². The predicted octanol–water partition coefficient (Wildman–Crippen LogP) is 4.00. The maximum Gasteiger partial charge on any atom is 0.404 e. The standard InChI is InChI=1S/C29H31FN8O3/c1-28(2,3)21-18(41-27(31)40)14-37(21)25-19-22(35-26(39)29(19,4)5)33-23(34-25)20-16-10-8-12-32-24(16)38(36-20)13-15-9-6-7-11-17(15)30/h6-12,18,21H,13-14H2,1-5H3,(H2,31,40)(H,33,34,35,39). The van der Waals surface area contributed by atoms with E-state index in [0.29, 0.717) is 46.0 Å². The van der Waals surface area contributed by atoms with E-state index in [4.69, 9.17) is 25.5 Å². The Kier molecular flexibility index (Phi) is 5.98. The quantitative estimate of drug-likeness (QED) is 0.374. The van der Waals surface area contributed by atoms with Gasteiger partial charge in [-0.3, -0.25) is 4.79 Å². The molecule has 0 spiro atoms. The number of pyridine rings is 1. The molecule has 5 heterocycles. The Morgan fingerprint density at radius 3 is 2.66 bits per heavy atom. The molecular formula is C29H31FN8O3. The van der Waals surface area contributed by atoms with E-state index in [-0.39, 0.29) is 35.6 Å². The number of anilines is 2. The maximum absolute atomic E-state index is 14.5. The van der Waals surface area contributed by atoms with E-state index < -0.39 is 17.6 Å². The lowest BCUT2D eigenvalue weighted by molar-refractivity contribution is -0.119. The molecule has 2 aliphatic heterocycles. The molecule has 1 saturated heterocycles. The first-order valence-corrected chi connectivity index (χ1v) is 13.4. The van der Waals surface area contributed by atoms with E-state index in [1.165, 1.54) is 6.07 Å². The molecule has 12 heteroatoms. The van der Waals surface area contributed by atoms with Gasteiger partial charge in [-0.15, -0.1) is 0 Å². The molecule has 2 unspecified atom stereocenters. The van der Waals surface area contributed by atoms with E-state index in [0.717, 1.165) is 0 Å². The lowest BCUT2D eigenvalue weighted by atomic mass is 9.76. The number of carbonyl (C=O) groups is 2. The number of carbonyl (C=O) groups excluding carboxylic acids is 2. The highest BCUT2D eigenvalue weighted by atomic mass is 19.1. The van der Waals surface area contributed by atoms with Crippen LogP contribution >= 0.6 is 0 Å². The summed E-state index contributed by atoms with van der Waals surface area (Å²) in [6.45, 7) is 10.3. The first-order valence-electron chi connectivity index (χ1n) is 13.4. The van der Waals surface area contributed by atoms with Crippen LogP contribution in [0.25, 0.3) is 22.6 Å². The molecule has 41 heavy (non-hydrogen) atoms. The molecule has 0 aliphatic carbocycles. The minimum absolute atomic E-state index is 0.159. The molecule has 1 aromatic carbocycles. The molecule has 3 N–H and O–H groups in total. The normalized spacial score (nSPS) is 19.6. The number of rotatable bonds is 5. The molecule has 0 bridgehead atoms. The molecule has 3 aromatic heterocycles. The molecular weight excluding hydrogens is 527 g/mol. The van der Waals surface area contributed by atoms with Crippen LogP contribution in [-0.2, 0) is 21.5 Å². The van der Waals surface area contributed by atoms with Crippen molar-refractivity contribution in [3.05, 3.63) is 59.5 Å². The van der Waals surface area contributed by atoms with Gasteiger partial charge in [-0.25, -0.2) is 28.8 Å². The van der Waals surface area contributed by atoms with Crippen molar-refractivity contribution in [2.75, 3.05) is 16.8 Å². The van der Waals surface area contributed by atoms with E-state index in [1.54, 1.807) is 35.1 Å². The number of hydrogen-bond acceptors (Lipinski definition) is 8. The van der Waals surface area contributed by atoms with Gasteiger partial charge in [-0.1, -0.05) is 39.0 Å². The fourth-order valence-electron chi connectivity index (χ4n) is 5.84. The van der Waals surface area contributed by atoms with Crippen molar-refractivity contribution in [2.45, 2.75) is 58.7 Å². The SMILES string of the molecule is CC1(C)C(=O)Nc2nc(-c3nn(Cc4ccccc4F)c4ncccc34)nc(N3CC(OC(N)=O)C3C(C)(C)C)c21. The van der Waals surface area contributed by atoms with Crippen LogP contribution in [0.3, 0.4) is 0 Å². The van der Waals surface area contributed by atoms with Crippen LogP contribution in [0, 0.1) is 11.2 Å². The Labute approximate surface area is 235 Å². The molecule has 2 atom stereocenters. The van der Waals surface area contributed by atoms with Crippen molar-refractivity contribution in [2.24, 2.45) is 11.1 Å². The van der Waals surface area contributed by atoms with Gasteiger partial charge >= 0.3 is 6.09 Å². The summed E-state index contributed by atoms with van der Waals surface area (Å²) in [6, 6.07) is 9.91. The number of hydrogen-bond donors (Lipinski definition) is 2. The number of primary amides is 1. The largest absolute Gasteiger partial charge is 0.442 e. The van der Waals surface area contributed by atoms with E-state index in [9.17, 15) is 14.0 Å². The molecule has 212 valence electrons. The number of halogens is 1. The Balaban J connectivity index is 1.51. The van der Waals surface area contributed by atoms with Gasteiger partial charge in [0.1, 0.15) is 29.3 Å². The Morgan fingerprint density at radius 1 is 1.20 bits per heavy atom. The zero-order valence-electron chi connectivity index (χ0n) is 23.5. The highest BCUT2D eigenvalue weighted by Crippen LogP contribution is 2.47. The van der Waals surface area contributed by atoms with Gasteiger partial charge in [0.05, 0.1) is 35.5 Å². The molecule has 4 aromatic rings. The summed E-state index contributed by atoms with van der Waals surface area (Å²) in [5.41, 5.74) is 6.25. The first-order chi connectivity index (χ1) is 19.4. The summed E-state index contributed by atoms with van der Waals surface area (Å²) >= 11 is 0. The molecule has 0 saturated carbocycles. The van der Waals surface area contributed by atoms with Gasteiger partial charge in [0.2, 0.25) is 5.91 Å². The van der Waals surface area contributed by atoms with Crippen molar-refractivity contribution in [1.82, 2.24) is 24.7 Å². The average molecular weight is 559 g/mol. The number of benzene rings is 1. The lowest BCUT2D eigenvalue weighted by Gasteiger charge is -2.54. The molecule has 1 fully saturated rings. The minimum Gasteiger partial charge on any atom is -0.442 e. The fraction of sp³-hybridized carbons (Fsp3) is 0.379. The number of aromatic nitrogens is 5. The molecule has 11 nitrogen and oxygen atoms in total. The highest BCUT2D eigenvalue weighted by molar-refractivity contribution is 6.07. The van der Waals surface area contributed by atoms with Crippen molar-refractivity contribution >= 4 is 34.7 Å². The third kappa shape index (κ3) is 4.34. The predicted molar refractivity (Wildman–Crippen MR) is 151 cm³/mol. The molecule has 2 amide bonds. The smallest absolute Gasteiger partial charge is 0.404 e. The summed E-state index contributed by atoms with van der Waals surface area (Å²) in [5, 5.41) is 8.39. The number of fused-ring (bicyclic) bond motifs is 2. The molecule has 0 radical (unpaired) electrons. The molecule has 2 aliphatic rings. The van der Waals surface area contributed by atoms with Crippen LogP contribution < -0.4 is 16.0 Å². The van der Waals surface area contributed by atoms with Crippen molar-refractivity contribution < 1.29 is 18.7 Å². The Bertz CT molecular complexity index is 1710. The van der Waals surface area contributed by atoms with Gasteiger partial charge in [0.15, 0.2) is 11.5 Å². The number of ether oxygens (including phenoxy) is 1. The number of nitrogens with two attached hydrogens (primary N) is 1. The van der Waals surface area contributed by atoms with E-state index in [2.05, 4.69) is 10.3 Å². The summed E-state index contributed by atoms with van der Waals surface area (Å²) in [7, 11) is 0. The van der Waals surface area contributed by atoms with Crippen LogP contribution in [0.15, 0.2) is 42.6 Å². The number of nitrogens with zero attached hydrogens (tertiary/aromatic N) is 6. The van der Waals surface area contributed by atoms with Crippen molar-refractivity contribution in [1.29, 1.82) is 0 Å². The number of nitrogens with one attached hydrogen (secondary N) is 1. The monoisotopic (exact) mass is 558 g/mol. The second kappa shape index (κ2) is 9.22. The zero-order chi connectivity index (χ0) is 29.3. The second-order valence-corrected chi connectivity index (χ2v) is 12.1. The average Bonchev–Trinajstić information content (AvgIpc) is 3.35. The van der Waals surface area contributed by atoms with Crippen molar-refractivity contribution in [3.8, 4) is 11.5 Å². The lowest BCUT2D eigenvalue weighted by Crippen LogP contribution is -2.67. The molecule has 6 rings (SSSR count). The van der Waals surface area contributed by atoms with Gasteiger partial charge in [-0.05, 0) is 37.5 Å². The Morgan fingerprint density at radius 2 is 1.95 bits per heavy atom. The summed E-state index contributed by atoms with van der Waals surface area (Å²) in [6.07, 6.45) is 0.366. The third-order valence-corrected chi connectivity index (χ3v) is 7.80. The topological polar surface area (TPSA) is 141 Å². The van der Waals surface area contributed by atoms with Gasteiger partial charge in [-0.2, -0.15) is 5.10 Å². The number of amides is 2. The second-order valence-electron chi connectivity index (χ2n) is 12.1. The van der Waals surface area contributed by atoms with E-state index >= 15 is 0 Å². The van der Waals surface area contributed by atoms with E-state index in [1.807, 2.05) is 45.6 Å². The van der Waals surface area contributed by atoms with Crippen LogP contribution in [-0.4, -0.2) is 55.4 Å². The zero-order valence-corrected chi connectivity index (χ0v) is 23.5. The van der Waals surface area contributed by atoms with Crippen LogP contribution in [0.1, 0.15) is 45.7 Å². The summed E-state index contributed by atoms with van der Waals surface area (Å²) in [4.78, 5) is 41.0. The third-order valence-electron chi connectivity index (χ3n) is 7.80. The minimum atomic E-state index is -0.908.